The maximum Gasteiger partial charge on any atom is 0.470 e. The zero-order valence-corrected chi connectivity index (χ0v) is 17.1. The first-order chi connectivity index (χ1) is 16.0. The molecule has 2 aromatic carbocycles. The molecular formula is C19H6F9NO5S. The van der Waals surface area contributed by atoms with E-state index in [9.17, 15) is 53.9 Å². The number of carbonyl (C=O) groups excluding carboxylic acids is 3. The van der Waals surface area contributed by atoms with Gasteiger partial charge in [-0.1, -0.05) is 18.1 Å². The van der Waals surface area contributed by atoms with Crippen molar-refractivity contribution in [2.75, 3.05) is 0 Å². The molecule has 2 amide bonds. The van der Waals surface area contributed by atoms with Crippen LogP contribution in [0.15, 0.2) is 30.3 Å². The number of carbonyl (C=O) groups is 3. The lowest BCUT2D eigenvalue weighted by Gasteiger charge is -2.25. The summed E-state index contributed by atoms with van der Waals surface area (Å²) in [6.07, 6.45) is -16.3. The predicted molar refractivity (Wildman–Crippen MR) is 98.0 cm³/mol. The molecule has 6 nitrogen and oxygen atoms in total. The first-order valence-electron chi connectivity index (χ1n) is 8.74. The quantitative estimate of drug-likeness (QED) is 0.184. The van der Waals surface area contributed by atoms with Crippen molar-refractivity contribution in [3.63, 3.8) is 0 Å². The Morgan fingerprint density at radius 1 is 0.886 bits per heavy atom. The average Bonchev–Trinajstić information content (AvgIpc) is 2.72. The van der Waals surface area contributed by atoms with Crippen LogP contribution in [-0.4, -0.2) is 46.8 Å². The predicted octanol–water partition coefficient (Wildman–Crippen LogP) is 4.92. The molecule has 1 aliphatic heterocycles. The Hall–Kier alpha value is -3.45. The first-order valence-corrected chi connectivity index (χ1v) is 9.48. The zero-order valence-electron chi connectivity index (χ0n) is 16.3. The van der Waals surface area contributed by atoms with E-state index in [-0.39, 0.29) is 32.5 Å². The van der Waals surface area contributed by atoms with Crippen molar-refractivity contribution < 1.29 is 62.9 Å². The number of hydroxylamine groups is 2. The lowest BCUT2D eigenvalue weighted by Crippen LogP contribution is -2.45. The van der Waals surface area contributed by atoms with Gasteiger partial charge in [0.15, 0.2) is 0 Å². The van der Waals surface area contributed by atoms with Crippen molar-refractivity contribution in [3.05, 3.63) is 47.0 Å². The zero-order chi connectivity index (χ0) is 26.3. The number of imide groups is 1. The van der Waals surface area contributed by atoms with Crippen LogP contribution in [0.3, 0.4) is 0 Å². The number of hydrogen-bond donors (Lipinski definition) is 0. The van der Waals surface area contributed by atoms with E-state index in [1.54, 1.807) is 0 Å². The molecule has 0 N–H and O–H groups in total. The van der Waals surface area contributed by atoms with Gasteiger partial charge in [0.05, 0.1) is 11.1 Å². The van der Waals surface area contributed by atoms with Crippen LogP contribution in [0.25, 0.3) is 10.8 Å². The normalized spacial score (nSPS) is 14.3. The van der Waals surface area contributed by atoms with E-state index >= 15 is 0 Å². The Morgan fingerprint density at radius 3 is 2.00 bits per heavy atom. The van der Waals surface area contributed by atoms with Gasteiger partial charge in [-0.3, -0.25) is 9.59 Å². The molecule has 0 aliphatic carbocycles. The van der Waals surface area contributed by atoms with E-state index < -0.39 is 53.8 Å². The molecule has 0 spiro atoms. The average molecular weight is 531 g/mol. The van der Waals surface area contributed by atoms with Gasteiger partial charge >= 0.3 is 23.8 Å². The number of amides is 2. The number of halogens is 9. The second kappa shape index (κ2) is 8.96. The van der Waals surface area contributed by atoms with Crippen molar-refractivity contribution in [1.82, 2.24) is 5.06 Å². The van der Waals surface area contributed by atoms with E-state index in [0.29, 0.717) is 0 Å². The summed E-state index contributed by atoms with van der Waals surface area (Å²) in [5.74, 6) is -1.27. The molecule has 0 saturated heterocycles. The van der Waals surface area contributed by atoms with E-state index in [4.69, 9.17) is 0 Å². The Bertz CT molecular complexity index is 1240. The maximum absolute atomic E-state index is 12.5. The summed E-state index contributed by atoms with van der Waals surface area (Å²) in [5, 5.41) is -0.317. The summed E-state index contributed by atoms with van der Waals surface area (Å²) < 4.78 is 120. The molecule has 0 radical (unpaired) electrons. The fourth-order valence-electron chi connectivity index (χ4n) is 2.90. The SMILES string of the molecule is O=C(C#Cc1ccc2c3c(cccc13)C(=O)N(OSC(F)(F)F)C2=O)OC(C(F)(F)F)C(F)(F)F. The van der Waals surface area contributed by atoms with Crippen molar-refractivity contribution in [1.29, 1.82) is 0 Å². The van der Waals surface area contributed by atoms with Gasteiger partial charge < -0.3 is 4.74 Å². The minimum atomic E-state index is -5.95. The third kappa shape index (κ3) is 5.62. The Balaban J connectivity index is 1.96. The van der Waals surface area contributed by atoms with Crippen molar-refractivity contribution in [2.45, 2.75) is 24.0 Å². The van der Waals surface area contributed by atoms with Crippen LogP contribution in [0.2, 0.25) is 0 Å². The molecule has 0 aromatic heterocycles. The highest BCUT2D eigenvalue weighted by atomic mass is 32.2. The fourth-order valence-corrected chi connectivity index (χ4v) is 3.20. The highest BCUT2D eigenvalue weighted by Crippen LogP contribution is 2.37. The van der Waals surface area contributed by atoms with Crippen LogP contribution >= 0.6 is 12.0 Å². The van der Waals surface area contributed by atoms with E-state index in [0.717, 1.165) is 18.2 Å². The fraction of sp³-hybridized carbons (Fsp3) is 0.211. The monoisotopic (exact) mass is 531 g/mol. The molecule has 0 fully saturated rings. The van der Waals surface area contributed by atoms with Gasteiger partial charge in [-0.05, 0) is 23.6 Å². The molecule has 0 unspecified atom stereocenters. The molecule has 1 aliphatic rings. The van der Waals surface area contributed by atoms with E-state index in [1.165, 1.54) is 18.1 Å². The minimum absolute atomic E-state index is 0.0479. The van der Waals surface area contributed by atoms with E-state index in [1.807, 2.05) is 5.92 Å². The van der Waals surface area contributed by atoms with Crippen molar-refractivity contribution >= 4 is 40.6 Å². The van der Waals surface area contributed by atoms with Gasteiger partial charge in [0.1, 0.15) is 12.0 Å². The van der Waals surface area contributed by atoms with Crippen LogP contribution in [0, 0.1) is 11.8 Å². The molecule has 16 heteroatoms. The molecule has 0 atom stereocenters. The molecule has 3 rings (SSSR count). The largest absolute Gasteiger partial charge is 0.470 e. The number of ether oxygens (including phenoxy) is 1. The minimum Gasteiger partial charge on any atom is -0.433 e. The number of nitrogens with zero attached hydrogens (tertiary/aromatic N) is 1. The lowest BCUT2D eigenvalue weighted by molar-refractivity contribution is -0.311. The third-order valence-electron chi connectivity index (χ3n) is 4.20. The van der Waals surface area contributed by atoms with Crippen LogP contribution in [0.1, 0.15) is 26.3 Å². The number of esters is 1. The second-order valence-corrected chi connectivity index (χ2v) is 7.29. The number of benzene rings is 2. The molecule has 35 heavy (non-hydrogen) atoms. The molecular weight excluding hydrogens is 525 g/mol. The molecule has 0 saturated carbocycles. The highest BCUT2D eigenvalue weighted by Gasteiger charge is 2.59. The highest BCUT2D eigenvalue weighted by molar-refractivity contribution is 7.95. The van der Waals surface area contributed by atoms with Crippen LogP contribution in [-0.2, 0) is 13.8 Å². The molecule has 0 bridgehead atoms. The van der Waals surface area contributed by atoms with Crippen molar-refractivity contribution in [3.8, 4) is 11.8 Å². The number of alkyl halides is 9. The summed E-state index contributed by atoms with van der Waals surface area (Å²) in [6, 6.07) is 5.55. The number of rotatable bonds is 3. The first kappa shape index (κ1) is 26.2. The number of hydrogen-bond acceptors (Lipinski definition) is 6. The van der Waals surface area contributed by atoms with E-state index in [2.05, 4.69) is 9.02 Å². The summed E-state index contributed by atoms with van der Waals surface area (Å²) in [4.78, 5) is 36.5. The van der Waals surface area contributed by atoms with Gasteiger partial charge in [-0.2, -0.15) is 43.8 Å². The van der Waals surface area contributed by atoms with Gasteiger partial charge in [0, 0.05) is 16.9 Å². The van der Waals surface area contributed by atoms with Crippen LogP contribution in [0.4, 0.5) is 39.5 Å². The Labute approximate surface area is 192 Å². The third-order valence-corrected chi connectivity index (χ3v) is 4.61. The standard InChI is InChI=1S/C19H6F9NO5S/c20-17(21,22)16(18(23,24)25)33-12(30)7-5-8-4-6-11-13-9(8)2-1-3-10(13)14(31)29(15(11)32)34-35-19(26,27)28/h1-4,6,16H. The van der Waals surface area contributed by atoms with Gasteiger partial charge in [-0.15, -0.1) is 5.06 Å². The molecule has 2 aromatic rings. The summed E-state index contributed by atoms with van der Waals surface area (Å²) in [7, 11) is 0. The Kier molecular flexibility index (Phi) is 6.70. The maximum atomic E-state index is 12.5. The summed E-state index contributed by atoms with van der Waals surface area (Å²) >= 11 is -1.12. The summed E-state index contributed by atoms with van der Waals surface area (Å²) in [5.41, 5.74) is -5.80. The van der Waals surface area contributed by atoms with Crippen LogP contribution in [0.5, 0.6) is 0 Å². The molecule has 1 heterocycles. The second-order valence-electron chi connectivity index (χ2n) is 6.52. The topological polar surface area (TPSA) is 72.9 Å². The Morgan fingerprint density at radius 2 is 1.46 bits per heavy atom. The summed E-state index contributed by atoms with van der Waals surface area (Å²) in [6.45, 7) is 0. The molecule has 186 valence electrons. The van der Waals surface area contributed by atoms with Gasteiger partial charge in [0.25, 0.3) is 17.9 Å². The van der Waals surface area contributed by atoms with Crippen molar-refractivity contribution in [2.24, 2.45) is 0 Å². The van der Waals surface area contributed by atoms with Crippen LogP contribution < -0.4 is 0 Å². The lowest BCUT2D eigenvalue weighted by atomic mass is 9.92. The van der Waals surface area contributed by atoms with Gasteiger partial charge in [-0.25, -0.2) is 4.79 Å². The smallest absolute Gasteiger partial charge is 0.433 e. The van der Waals surface area contributed by atoms with Gasteiger partial charge in [0.2, 0.25) is 0 Å².